The molecule has 1 N–H and O–H groups in total. The van der Waals surface area contributed by atoms with E-state index in [1.807, 2.05) is 32.3 Å². The smallest absolute Gasteiger partial charge is 0.132 e. The SMILES string of the molecule is CNC(C)c1cnc(Cc2ccc(Cl)cc2Cl)nc1C. The van der Waals surface area contributed by atoms with Crippen LogP contribution in [0.4, 0.5) is 0 Å². The van der Waals surface area contributed by atoms with Crippen LogP contribution in [-0.4, -0.2) is 17.0 Å². The molecule has 106 valence electrons. The fraction of sp³-hybridized carbons (Fsp3) is 0.333. The third-order valence-corrected chi connectivity index (χ3v) is 3.92. The maximum Gasteiger partial charge on any atom is 0.132 e. The van der Waals surface area contributed by atoms with E-state index in [1.165, 1.54) is 0 Å². The number of aromatic nitrogens is 2. The Morgan fingerprint density at radius 3 is 2.65 bits per heavy atom. The van der Waals surface area contributed by atoms with Gasteiger partial charge >= 0.3 is 0 Å². The molecule has 0 amide bonds. The molecule has 0 aliphatic carbocycles. The van der Waals surface area contributed by atoms with E-state index < -0.39 is 0 Å². The minimum atomic E-state index is 0.239. The van der Waals surface area contributed by atoms with Crippen molar-refractivity contribution in [2.75, 3.05) is 7.05 Å². The van der Waals surface area contributed by atoms with Crippen LogP contribution in [0.1, 0.15) is 35.6 Å². The van der Waals surface area contributed by atoms with E-state index in [4.69, 9.17) is 23.2 Å². The van der Waals surface area contributed by atoms with Crippen molar-refractivity contribution in [3.63, 3.8) is 0 Å². The van der Waals surface area contributed by atoms with E-state index in [0.717, 1.165) is 22.6 Å². The average Bonchev–Trinajstić information content (AvgIpc) is 2.41. The maximum atomic E-state index is 6.17. The zero-order valence-electron chi connectivity index (χ0n) is 11.7. The van der Waals surface area contributed by atoms with Crippen molar-refractivity contribution in [1.82, 2.24) is 15.3 Å². The second kappa shape index (κ2) is 6.53. The summed E-state index contributed by atoms with van der Waals surface area (Å²) in [6.07, 6.45) is 2.48. The van der Waals surface area contributed by atoms with Gasteiger partial charge in [-0.1, -0.05) is 29.3 Å². The molecule has 1 aromatic carbocycles. The number of hydrogen-bond donors (Lipinski definition) is 1. The van der Waals surface area contributed by atoms with Gasteiger partial charge in [-0.2, -0.15) is 0 Å². The lowest BCUT2D eigenvalue weighted by Crippen LogP contribution is -2.15. The predicted octanol–water partition coefficient (Wildman–Crippen LogP) is 3.96. The van der Waals surface area contributed by atoms with E-state index in [-0.39, 0.29) is 6.04 Å². The Bertz CT molecular complexity index is 614. The van der Waals surface area contributed by atoms with Crippen LogP contribution in [0, 0.1) is 6.92 Å². The van der Waals surface area contributed by atoms with Crippen LogP contribution in [0.5, 0.6) is 0 Å². The third-order valence-electron chi connectivity index (χ3n) is 3.33. The van der Waals surface area contributed by atoms with Gasteiger partial charge in [-0.15, -0.1) is 0 Å². The minimum Gasteiger partial charge on any atom is -0.313 e. The molecule has 20 heavy (non-hydrogen) atoms. The largest absolute Gasteiger partial charge is 0.313 e. The second-order valence-corrected chi connectivity index (χ2v) is 5.59. The zero-order valence-corrected chi connectivity index (χ0v) is 13.3. The van der Waals surface area contributed by atoms with E-state index in [1.54, 1.807) is 6.07 Å². The van der Waals surface area contributed by atoms with Crippen molar-refractivity contribution in [1.29, 1.82) is 0 Å². The first-order valence-electron chi connectivity index (χ1n) is 6.45. The van der Waals surface area contributed by atoms with Crippen molar-refractivity contribution < 1.29 is 0 Å². The molecule has 2 aromatic rings. The van der Waals surface area contributed by atoms with Gasteiger partial charge < -0.3 is 5.32 Å². The number of benzene rings is 1. The molecule has 5 heteroatoms. The molecule has 0 radical (unpaired) electrons. The van der Waals surface area contributed by atoms with E-state index >= 15 is 0 Å². The van der Waals surface area contributed by atoms with Gasteiger partial charge in [-0.05, 0) is 38.6 Å². The summed E-state index contributed by atoms with van der Waals surface area (Å²) in [6.45, 7) is 4.08. The van der Waals surface area contributed by atoms with Crippen molar-refractivity contribution in [3.8, 4) is 0 Å². The van der Waals surface area contributed by atoms with E-state index in [9.17, 15) is 0 Å². The summed E-state index contributed by atoms with van der Waals surface area (Å²) < 4.78 is 0. The molecule has 0 aliphatic rings. The van der Waals surface area contributed by atoms with Crippen molar-refractivity contribution >= 4 is 23.2 Å². The highest BCUT2D eigenvalue weighted by molar-refractivity contribution is 6.35. The quantitative estimate of drug-likeness (QED) is 0.929. The lowest BCUT2D eigenvalue weighted by molar-refractivity contribution is 0.638. The summed E-state index contributed by atoms with van der Waals surface area (Å²) >= 11 is 12.1. The third kappa shape index (κ3) is 3.48. The zero-order chi connectivity index (χ0) is 14.7. The van der Waals surface area contributed by atoms with Gasteiger partial charge in [0.2, 0.25) is 0 Å². The van der Waals surface area contributed by atoms with Crippen LogP contribution < -0.4 is 5.32 Å². The summed E-state index contributed by atoms with van der Waals surface area (Å²) in [4.78, 5) is 8.98. The van der Waals surface area contributed by atoms with Crippen LogP contribution in [0.2, 0.25) is 10.0 Å². The first-order chi connectivity index (χ1) is 9.51. The van der Waals surface area contributed by atoms with Crippen molar-refractivity contribution in [2.45, 2.75) is 26.3 Å². The van der Waals surface area contributed by atoms with E-state index in [0.29, 0.717) is 16.5 Å². The van der Waals surface area contributed by atoms with Gasteiger partial charge in [0.05, 0.1) is 0 Å². The maximum absolute atomic E-state index is 6.17. The predicted molar refractivity (Wildman–Crippen MR) is 83.5 cm³/mol. The molecule has 0 bridgehead atoms. The Labute approximate surface area is 129 Å². The number of aryl methyl sites for hydroxylation is 1. The van der Waals surface area contributed by atoms with Crippen LogP contribution in [0.15, 0.2) is 24.4 Å². The summed E-state index contributed by atoms with van der Waals surface area (Å²) in [5.74, 6) is 0.763. The van der Waals surface area contributed by atoms with Crippen LogP contribution in [0.25, 0.3) is 0 Å². The number of halogens is 2. The Kier molecular flexibility index (Phi) is 4.97. The molecule has 0 aliphatic heterocycles. The lowest BCUT2D eigenvalue weighted by atomic mass is 10.1. The lowest BCUT2D eigenvalue weighted by Gasteiger charge is -2.13. The highest BCUT2D eigenvalue weighted by atomic mass is 35.5. The standard InChI is InChI=1S/C15H17Cl2N3/c1-9(18-3)13-8-19-15(20-10(13)2)6-11-4-5-12(16)7-14(11)17/h4-5,7-9,18H,6H2,1-3H3. The number of nitrogens with one attached hydrogen (secondary N) is 1. The highest BCUT2D eigenvalue weighted by Gasteiger charge is 2.10. The molecular formula is C15H17Cl2N3. The topological polar surface area (TPSA) is 37.8 Å². The van der Waals surface area contributed by atoms with Gasteiger partial charge in [0.25, 0.3) is 0 Å². The first kappa shape index (κ1) is 15.2. The Morgan fingerprint density at radius 2 is 2.05 bits per heavy atom. The van der Waals surface area contributed by atoms with Gasteiger partial charge in [0.15, 0.2) is 0 Å². The molecule has 1 unspecified atom stereocenters. The molecule has 3 nitrogen and oxygen atoms in total. The molecular weight excluding hydrogens is 293 g/mol. The monoisotopic (exact) mass is 309 g/mol. The van der Waals surface area contributed by atoms with Gasteiger partial charge in [-0.3, -0.25) is 0 Å². The number of rotatable bonds is 4. The first-order valence-corrected chi connectivity index (χ1v) is 7.20. The molecule has 1 heterocycles. The fourth-order valence-corrected chi connectivity index (χ4v) is 2.50. The normalized spacial score (nSPS) is 12.4. The van der Waals surface area contributed by atoms with Gasteiger partial charge in [0, 0.05) is 40.0 Å². The Hall–Kier alpha value is -1.16. The van der Waals surface area contributed by atoms with Crippen molar-refractivity contribution in [2.24, 2.45) is 0 Å². The molecule has 0 spiro atoms. The minimum absolute atomic E-state index is 0.239. The summed E-state index contributed by atoms with van der Waals surface area (Å²) in [6, 6.07) is 5.71. The van der Waals surface area contributed by atoms with E-state index in [2.05, 4.69) is 22.2 Å². The van der Waals surface area contributed by atoms with Crippen LogP contribution >= 0.6 is 23.2 Å². The second-order valence-electron chi connectivity index (χ2n) is 4.75. The average molecular weight is 310 g/mol. The highest BCUT2D eigenvalue weighted by Crippen LogP contribution is 2.23. The number of nitrogens with zero attached hydrogens (tertiary/aromatic N) is 2. The summed E-state index contributed by atoms with van der Waals surface area (Å²) in [7, 11) is 1.92. The van der Waals surface area contributed by atoms with Crippen LogP contribution in [0.3, 0.4) is 0 Å². The summed E-state index contributed by atoms with van der Waals surface area (Å²) in [5, 5.41) is 4.47. The Morgan fingerprint density at radius 1 is 1.30 bits per heavy atom. The van der Waals surface area contributed by atoms with Gasteiger partial charge in [-0.25, -0.2) is 9.97 Å². The van der Waals surface area contributed by atoms with Crippen LogP contribution in [-0.2, 0) is 6.42 Å². The summed E-state index contributed by atoms with van der Waals surface area (Å²) in [5.41, 5.74) is 3.07. The molecule has 0 fully saturated rings. The molecule has 0 saturated heterocycles. The van der Waals surface area contributed by atoms with Gasteiger partial charge in [0.1, 0.15) is 5.82 Å². The molecule has 1 aromatic heterocycles. The Balaban J connectivity index is 2.24. The van der Waals surface area contributed by atoms with Crippen molar-refractivity contribution in [3.05, 3.63) is 57.1 Å². The molecule has 1 atom stereocenters. The number of hydrogen-bond acceptors (Lipinski definition) is 3. The molecule has 2 rings (SSSR count). The molecule has 0 saturated carbocycles. The fourth-order valence-electron chi connectivity index (χ4n) is 2.03.